The molecular formula is C20H23N5O. The van der Waals surface area contributed by atoms with Crippen molar-refractivity contribution in [3.05, 3.63) is 57.5 Å². The number of fused-ring (bicyclic) bond motifs is 1. The lowest BCUT2D eigenvalue weighted by Gasteiger charge is -2.14. The Kier molecular flexibility index (Phi) is 4.92. The first kappa shape index (κ1) is 17.9. The molecule has 1 aromatic carbocycles. The number of nitrogens with zero attached hydrogens (tertiary/aromatic N) is 4. The molecule has 0 radical (unpaired) electrons. The lowest BCUT2D eigenvalue weighted by atomic mass is 9.96. The molecule has 0 spiro atoms. The van der Waals surface area contributed by atoms with Crippen LogP contribution in [0.1, 0.15) is 36.5 Å². The fourth-order valence-corrected chi connectivity index (χ4v) is 3.08. The van der Waals surface area contributed by atoms with Gasteiger partial charge in [-0.05, 0) is 38.1 Å². The fourth-order valence-electron chi connectivity index (χ4n) is 3.08. The summed E-state index contributed by atoms with van der Waals surface area (Å²) in [5.41, 5.74) is 4.00. The van der Waals surface area contributed by atoms with E-state index in [1.807, 2.05) is 40.1 Å². The van der Waals surface area contributed by atoms with Gasteiger partial charge in [-0.15, -0.1) is 0 Å². The summed E-state index contributed by atoms with van der Waals surface area (Å²) >= 11 is 0. The van der Waals surface area contributed by atoms with E-state index in [2.05, 4.69) is 28.2 Å². The van der Waals surface area contributed by atoms with Gasteiger partial charge in [0.05, 0.1) is 5.69 Å². The van der Waals surface area contributed by atoms with Gasteiger partial charge in [0.2, 0.25) is 0 Å². The molecule has 0 aliphatic heterocycles. The zero-order chi connectivity index (χ0) is 18.8. The maximum Gasteiger partial charge on any atom is 0.276 e. The number of nitriles is 1. The van der Waals surface area contributed by atoms with E-state index in [1.165, 1.54) is 16.3 Å². The molecule has 0 aliphatic carbocycles. The highest BCUT2D eigenvalue weighted by Gasteiger charge is 2.19. The minimum atomic E-state index is -0.153. The predicted octanol–water partition coefficient (Wildman–Crippen LogP) is 2.79. The molecular weight excluding hydrogens is 326 g/mol. The Morgan fingerprint density at radius 1 is 1.35 bits per heavy atom. The summed E-state index contributed by atoms with van der Waals surface area (Å²) in [5.74, 6) is 0.0150. The van der Waals surface area contributed by atoms with Gasteiger partial charge in [-0.3, -0.25) is 9.89 Å². The van der Waals surface area contributed by atoms with E-state index in [9.17, 15) is 10.1 Å². The monoisotopic (exact) mass is 349 g/mol. The quantitative estimate of drug-likeness (QED) is 0.768. The Hall–Kier alpha value is -2.91. The van der Waals surface area contributed by atoms with Gasteiger partial charge >= 0.3 is 0 Å². The van der Waals surface area contributed by atoms with Gasteiger partial charge in [-0.25, -0.2) is 9.50 Å². The molecule has 2 heterocycles. The van der Waals surface area contributed by atoms with Gasteiger partial charge in [0.15, 0.2) is 5.65 Å². The number of hydrogen-bond donors (Lipinski definition) is 1. The number of aromatic amines is 1. The minimum Gasteiger partial charge on any atom is -0.309 e. The number of benzene rings is 1. The molecule has 0 amide bonds. The average Bonchev–Trinajstić information content (AvgIpc) is 3.03. The highest BCUT2D eigenvalue weighted by molar-refractivity contribution is 5.68. The van der Waals surface area contributed by atoms with Crippen molar-refractivity contribution in [2.45, 2.75) is 26.2 Å². The van der Waals surface area contributed by atoms with Crippen molar-refractivity contribution >= 4 is 5.65 Å². The number of H-pyrrole nitrogens is 1. The van der Waals surface area contributed by atoms with Crippen molar-refractivity contribution < 1.29 is 0 Å². The first-order valence-electron chi connectivity index (χ1n) is 8.70. The van der Waals surface area contributed by atoms with Gasteiger partial charge in [-0.2, -0.15) is 5.26 Å². The van der Waals surface area contributed by atoms with Crippen LogP contribution in [0.15, 0.2) is 35.3 Å². The molecule has 3 aromatic rings. The van der Waals surface area contributed by atoms with Gasteiger partial charge in [0.1, 0.15) is 11.6 Å². The summed E-state index contributed by atoms with van der Waals surface area (Å²) < 4.78 is 1.35. The Bertz CT molecular complexity index is 1040. The molecule has 3 rings (SSSR count). The minimum absolute atomic E-state index is 0.0150. The summed E-state index contributed by atoms with van der Waals surface area (Å²) in [6.45, 7) is 4.92. The summed E-state index contributed by atoms with van der Waals surface area (Å²) in [6, 6.07) is 10.2. The lowest BCUT2D eigenvalue weighted by molar-refractivity contribution is 0.413. The second kappa shape index (κ2) is 7.14. The molecule has 0 saturated heterocycles. The maximum absolute atomic E-state index is 13.0. The van der Waals surface area contributed by atoms with E-state index in [-0.39, 0.29) is 11.5 Å². The molecule has 0 saturated carbocycles. The number of nitrogens with one attached hydrogen (secondary N) is 1. The van der Waals surface area contributed by atoms with E-state index in [0.717, 1.165) is 18.5 Å². The molecule has 0 atom stereocenters. The smallest absolute Gasteiger partial charge is 0.276 e. The van der Waals surface area contributed by atoms with Crippen molar-refractivity contribution in [3.8, 4) is 17.3 Å². The van der Waals surface area contributed by atoms with Gasteiger partial charge < -0.3 is 4.90 Å². The van der Waals surface area contributed by atoms with Crippen LogP contribution in [0.4, 0.5) is 0 Å². The molecule has 134 valence electrons. The molecule has 0 bridgehead atoms. The number of hydrogen-bond acceptors (Lipinski definition) is 4. The molecule has 26 heavy (non-hydrogen) atoms. The van der Waals surface area contributed by atoms with Crippen LogP contribution in [0.3, 0.4) is 0 Å². The topological polar surface area (TPSA) is 77.2 Å². The van der Waals surface area contributed by atoms with Crippen molar-refractivity contribution in [3.63, 3.8) is 0 Å². The summed E-state index contributed by atoms with van der Waals surface area (Å²) in [4.78, 5) is 19.8. The fraction of sp³-hybridized carbons (Fsp3) is 0.350. The van der Waals surface area contributed by atoms with Gasteiger partial charge in [0, 0.05) is 23.9 Å². The highest BCUT2D eigenvalue weighted by atomic mass is 16.1. The lowest BCUT2D eigenvalue weighted by Crippen LogP contribution is -2.22. The van der Waals surface area contributed by atoms with Crippen LogP contribution in [-0.4, -0.2) is 40.1 Å². The molecule has 6 heteroatoms. The first-order valence-corrected chi connectivity index (χ1v) is 8.70. The molecule has 1 N–H and O–H groups in total. The third-order valence-corrected chi connectivity index (χ3v) is 4.44. The Balaban J connectivity index is 2.21. The van der Waals surface area contributed by atoms with E-state index in [1.54, 1.807) is 0 Å². The molecule has 6 nitrogen and oxygen atoms in total. The van der Waals surface area contributed by atoms with E-state index in [4.69, 9.17) is 4.98 Å². The molecule has 0 aliphatic rings. The number of likely N-dealkylation sites (N-methyl/N-ethyl adjacent to an activating group) is 1. The standard InChI is InChI=1S/C20H23N5O/c1-13(2)17-18(15-7-5-6-14(10-15)8-9-24(3)4)23-19-16(11-21)12-22-25(19)20(17)26/h5-7,10,12-13,22H,8-9H2,1-4H3. The Labute approximate surface area is 152 Å². The van der Waals surface area contributed by atoms with Crippen molar-refractivity contribution in [1.82, 2.24) is 19.5 Å². The average molecular weight is 349 g/mol. The third kappa shape index (κ3) is 3.26. The Morgan fingerprint density at radius 3 is 2.77 bits per heavy atom. The molecule has 2 aromatic heterocycles. The zero-order valence-electron chi connectivity index (χ0n) is 15.6. The Morgan fingerprint density at radius 2 is 2.12 bits per heavy atom. The van der Waals surface area contributed by atoms with E-state index >= 15 is 0 Å². The van der Waals surface area contributed by atoms with Gasteiger partial charge in [-0.1, -0.05) is 32.0 Å². The van der Waals surface area contributed by atoms with Crippen LogP contribution < -0.4 is 5.56 Å². The molecule has 0 fully saturated rings. The SMILES string of the molecule is CC(C)c1c(-c2cccc(CCN(C)C)c2)nc2c(C#N)c[nH]n2c1=O. The van der Waals surface area contributed by atoms with E-state index < -0.39 is 0 Å². The van der Waals surface area contributed by atoms with Crippen LogP contribution in [0.2, 0.25) is 0 Å². The summed E-state index contributed by atoms with van der Waals surface area (Å²) in [5, 5.41) is 12.1. The molecule has 0 unspecified atom stereocenters. The van der Waals surface area contributed by atoms with Crippen molar-refractivity contribution in [2.75, 3.05) is 20.6 Å². The second-order valence-corrected chi connectivity index (χ2v) is 7.05. The third-order valence-electron chi connectivity index (χ3n) is 4.44. The normalized spacial score (nSPS) is 11.4. The number of rotatable bonds is 5. The van der Waals surface area contributed by atoms with Gasteiger partial charge in [0.25, 0.3) is 5.56 Å². The summed E-state index contributed by atoms with van der Waals surface area (Å²) in [7, 11) is 4.10. The van der Waals surface area contributed by atoms with Crippen molar-refractivity contribution in [1.29, 1.82) is 5.26 Å². The highest BCUT2D eigenvalue weighted by Crippen LogP contribution is 2.27. The van der Waals surface area contributed by atoms with Crippen LogP contribution >= 0.6 is 0 Å². The zero-order valence-corrected chi connectivity index (χ0v) is 15.6. The van der Waals surface area contributed by atoms with Crippen LogP contribution in [0, 0.1) is 11.3 Å². The first-order chi connectivity index (χ1) is 12.4. The second-order valence-electron chi connectivity index (χ2n) is 7.05. The van der Waals surface area contributed by atoms with Crippen LogP contribution in [-0.2, 0) is 6.42 Å². The number of aromatic nitrogens is 3. The maximum atomic E-state index is 13.0. The van der Waals surface area contributed by atoms with E-state index in [0.29, 0.717) is 22.5 Å². The van der Waals surface area contributed by atoms with Crippen LogP contribution in [0.25, 0.3) is 16.9 Å². The summed E-state index contributed by atoms with van der Waals surface area (Å²) in [6.07, 6.45) is 2.44. The van der Waals surface area contributed by atoms with Crippen LogP contribution in [0.5, 0.6) is 0 Å². The largest absolute Gasteiger partial charge is 0.309 e. The predicted molar refractivity (Wildman–Crippen MR) is 102 cm³/mol. The van der Waals surface area contributed by atoms with Crippen molar-refractivity contribution in [2.24, 2.45) is 0 Å².